The molecule has 0 atom stereocenters. The highest BCUT2D eigenvalue weighted by atomic mass is 16.1. The Morgan fingerprint density at radius 2 is 2.00 bits per heavy atom. The number of imidazole rings is 1. The Balaban J connectivity index is 2.39. The van der Waals surface area contributed by atoms with E-state index in [1.165, 1.54) is 0 Å². The van der Waals surface area contributed by atoms with E-state index in [0.29, 0.717) is 5.65 Å². The molecule has 0 fully saturated rings. The van der Waals surface area contributed by atoms with E-state index in [-0.39, 0.29) is 5.69 Å². The molecule has 5 heteroatoms. The highest BCUT2D eigenvalue weighted by Gasteiger charge is 2.12. The van der Waals surface area contributed by atoms with Crippen LogP contribution >= 0.6 is 0 Å². The van der Waals surface area contributed by atoms with E-state index < -0.39 is 0 Å². The van der Waals surface area contributed by atoms with Crippen LogP contribution in [-0.2, 0) is 7.05 Å². The molecule has 0 aliphatic carbocycles. The predicted octanol–water partition coefficient (Wildman–Crippen LogP) is 1.43. The predicted molar refractivity (Wildman–Crippen MR) is 68.8 cm³/mol. The van der Waals surface area contributed by atoms with Gasteiger partial charge in [-0.2, -0.15) is 0 Å². The summed E-state index contributed by atoms with van der Waals surface area (Å²) in [6.45, 7) is 1.91. The largest absolute Gasteiger partial charge is 0.334 e. The SMILES string of the molecule is Cc1ccc(-n2c(=O)n(C)c3cccnc32)cn1. The molecule has 0 aliphatic rings. The Bertz CT molecular complexity index is 768. The summed E-state index contributed by atoms with van der Waals surface area (Å²) in [4.78, 5) is 20.7. The monoisotopic (exact) mass is 240 g/mol. The van der Waals surface area contributed by atoms with E-state index >= 15 is 0 Å². The van der Waals surface area contributed by atoms with Crippen molar-refractivity contribution in [3.05, 3.63) is 52.8 Å². The van der Waals surface area contributed by atoms with Gasteiger partial charge in [0.05, 0.1) is 17.4 Å². The highest BCUT2D eigenvalue weighted by molar-refractivity contribution is 5.73. The summed E-state index contributed by atoms with van der Waals surface area (Å²) < 4.78 is 3.16. The quantitative estimate of drug-likeness (QED) is 0.646. The van der Waals surface area contributed by atoms with Crippen molar-refractivity contribution in [1.82, 2.24) is 19.1 Å². The second-order valence-corrected chi connectivity index (χ2v) is 4.18. The van der Waals surface area contributed by atoms with Gasteiger partial charge in [0.15, 0.2) is 5.65 Å². The first-order chi connectivity index (χ1) is 8.68. The van der Waals surface area contributed by atoms with Gasteiger partial charge in [0.25, 0.3) is 0 Å². The van der Waals surface area contributed by atoms with Gasteiger partial charge in [-0.05, 0) is 31.2 Å². The molecule has 0 amide bonds. The smallest absolute Gasteiger partial charge is 0.293 e. The van der Waals surface area contributed by atoms with Crippen LogP contribution < -0.4 is 5.69 Å². The van der Waals surface area contributed by atoms with Crippen molar-refractivity contribution in [2.75, 3.05) is 0 Å². The number of fused-ring (bicyclic) bond motifs is 1. The maximum Gasteiger partial charge on any atom is 0.334 e. The van der Waals surface area contributed by atoms with Crippen molar-refractivity contribution < 1.29 is 0 Å². The zero-order valence-corrected chi connectivity index (χ0v) is 10.2. The molecule has 3 heterocycles. The first-order valence-electron chi connectivity index (χ1n) is 5.64. The Morgan fingerprint density at radius 1 is 1.17 bits per heavy atom. The van der Waals surface area contributed by atoms with Gasteiger partial charge in [0, 0.05) is 18.9 Å². The number of pyridine rings is 2. The van der Waals surface area contributed by atoms with Gasteiger partial charge in [-0.15, -0.1) is 0 Å². The van der Waals surface area contributed by atoms with Crippen molar-refractivity contribution in [2.24, 2.45) is 7.05 Å². The summed E-state index contributed by atoms with van der Waals surface area (Å²) in [6, 6.07) is 7.45. The molecule has 0 spiro atoms. The summed E-state index contributed by atoms with van der Waals surface area (Å²) in [5.74, 6) is 0. The van der Waals surface area contributed by atoms with E-state index in [4.69, 9.17) is 0 Å². The van der Waals surface area contributed by atoms with Crippen LogP contribution in [0.3, 0.4) is 0 Å². The molecule has 0 saturated heterocycles. The standard InChI is InChI=1S/C13H12N4O/c1-9-5-6-10(8-15-9)17-12-11(4-3-7-14-12)16(2)13(17)18/h3-8H,1-2H3. The lowest BCUT2D eigenvalue weighted by molar-refractivity contribution is 0.842. The van der Waals surface area contributed by atoms with E-state index in [2.05, 4.69) is 9.97 Å². The number of rotatable bonds is 1. The Labute approximate surface area is 103 Å². The molecule has 0 N–H and O–H groups in total. The molecule has 3 rings (SSSR count). The molecule has 0 unspecified atom stereocenters. The molecule has 3 aromatic rings. The highest BCUT2D eigenvalue weighted by Crippen LogP contribution is 2.13. The lowest BCUT2D eigenvalue weighted by Crippen LogP contribution is -2.21. The lowest BCUT2D eigenvalue weighted by atomic mass is 10.3. The third-order valence-electron chi connectivity index (χ3n) is 2.97. The van der Waals surface area contributed by atoms with Gasteiger partial charge in [0.2, 0.25) is 0 Å². The number of nitrogens with zero attached hydrogens (tertiary/aromatic N) is 4. The number of aromatic nitrogens is 4. The molecular weight excluding hydrogens is 228 g/mol. The van der Waals surface area contributed by atoms with Crippen LogP contribution in [0.4, 0.5) is 0 Å². The van der Waals surface area contributed by atoms with Crippen LogP contribution in [-0.4, -0.2) is 19.1 Å². The minimum Gasteiger partial charge on any atom is -0.293 e. The molecule has 0 bridgehead atoms. The van der Waals surface area contributed by atoms with E-state index in [0.717, 1.165) is 16.9 Å². The summed E-state index contributed by atoms with van der Waals surface area (Å²) in [6.07, 6.45) is 3.37. The summed E-state index contributed by atoms with van der Waals surface area (Å²) in [7, 11) is 1.74. The van der Waals surface area contributed by atoms with Crippen molar-refractivity contribution in [1.29, 1.82) is 0 Å². The van der Waals surface area contributed by atoms with E-state index in [1.807, 2.05) is 31.2 Å². The lowest BCUT2D eigenvalue weighted by Gasteiger charge is -2.01. The Hall–Kier alpha value is -2.43. The fraction of sp³-hybridized carbons (Fsp3) is 0.154. The third kappa shape index (κ3) is 1.44. The van der Waals surface area contributed by atoms with Gasteiger partial charge in [-0.25, -0.2) is 14.3 Å². The molecule has 0 saturated carbocycles. The molecular formula is C13H12N4O. The third-order valence-corrected chi connectivity index (χ3v) is 2.97. The minimum absolute atomic E-state index is 0.116. The molecule has 5 nitrogen and oxygen atoms in total. The van der Waals surface area contributed by atoms with Gasteiger partial charge < -0.3 is 0 Å². The molecule has 0 aromatic carbocycles. The zero-order valence-electron chi connectivity index (χ0n) is 10.2. The molecule has 0 aliphatic heterocycles. The van der Waals surface area contributed by atoms with Crippen molar-refractivity contribution in [3.63, 3.8) is 0 Å². The van der Waals surface area contributed by atoms with Crippen LogP contribution in [0.1, 0.15) is 5.69 Å². The topological polar surface area (TPSA) is 52.7 Å². The van der Waals surface area contributed by atoms with Gasteiger partial charge in [-0.3, -0.25) is 9.55 Å². The van der Waals surface area contributed by atoms with Crippen molar-refractivity contribution in [2.45, 2.75) is 6.92 Å². The van der Waals surface area contributed by atoms with Crippen molar-refractivity contribution in [3.8, 4) is 5.69 Å². The average Bonchev–Trinajstić information content (AvgIpc) is 2.64. The van der Waals surface area contributed by atoms with Gasteiger partial charge in [-0.1, -0.05) is 0 Å². The van der Waals surface area contributed by atoms with Crippen molar-refractivity contribution >= 4 is 11.2 Å². The van der Waals surface area contributed by atoms with Crippen LogP contribution in [0.15, 0.2) is 41.5 Å². The number of aryl methyl sites for hydroxylation is 2. The fourth-order valence-corrected chi connectivity index (χ4v) is 1.99. The van der Waals surface area contributed by atoms with E-state index in [1.54, 1.807) is 28.6 Å². The molecule has 0 radical (unpaired) electrons. The first kappa shape index (κ1) is 10.7. The number of hydrogen-bond donors (Lipinski definition) is 0. The summed E-state index contributed by atoms with van der Waals surface area (Å²) in [5, 5.41) is 0. The molecule has 18 heavy (non-hydrogen) atoms. The maximum absolute atomic E-state index is 12.2. The Kier molecular flexibility index (Phi) is 2.26. The average molecular weight is 240 g/mol. The van der Waals surface area contributed by atoms with Crippen LogP contribution in [0.5, 0.6) is 0 Å². The minimum atomic E-state index is -0.116. The number of hydrogen-bond acceptors (Lipinski definition) is 3. The van der Waals surface area contributed by atoms with Crippen LogP contribution in [0, 0.1) is 6.92 Å². The first-order valence-corrected chi connectivity index (χ1v) is 5.64. The second-order valence-electron chi connectivity index (χ2n) is 4.18. The fourth-order valence-electron chi connectivity index (χ4n) is 1.99. The maximum atomic E-state index is 12.2. The molecule has 3 aromatic heterocycles. The van der Waals surface area contributed by atoms with Gasteiger partial charge in [0.1, 0.15) is 0 Å². The zero-order chi connectivity index (χ0) is 12.7. The Morgan fingerprint density at radius 3 is 2.72 bits per heavy atom. The van der Waals surface area contributed by atoms with Crippen LogP contribution in [0.2, 0.25) is 0 Å². The second kappa shape index (κ2) is 3.80. The van der Waals surface area contributed by atoms with Crippen LogP contribution in [0.25, 0.3) is 16.9 Å². The molecule has 90 valence electrons. The summed E-state index contributed by atoms with van der Waals surface area (Å²) >= 11 is 0. The van der Waals surface area contributed by atoms with E-state index in [9.17, 15) is 4.79 Å². The van der Waals surface area contributed by atoms with Gasteiger partial charge >= 0.3 is 5.69 Å². The normalized spacial score (nSPS) is 11.0. The summed E-state index contributed by atoms with van der Waals surface area (Å²) in [5.41, 5.74) is 2.99.